The molecule has 2 N–H and O–H groups in total. The monoisotopic (exact) mass is 179 g/mol. The van der Waals surface area contributed by atoms with E-state index in [4.69, 9.17) is 17.3 Å². The number of rotatable bonds is 5. The first-order valence-electron chi connectivity index (χ1n) is 3.28. The van der Waals surface area contributed by atoms with Crippen LogP contribution in [-0.2, 0) is 0 Å². The fourth-order valence-electron chi connectivity index (χ4n) is 0.439. The maximum Gasteiger partial charge on any atom is 0.0286 e. The van der Waals surface area contributed by atoms with Gasteiger partial charge in [-0.25, -0.2) is 0 Å². The Bertz CT molecular complexity index is 106. The van der Waals surface area contributed by atoms with Crippen LogP contribution in [0.25, 0.3) is 0 Å². The van der Waals surface area contributed by atoms with E-state index in [1.807, 2.05) is 0 Å². The number of hydrogen-bond donors (Lipinski definition) is 1. The van der Waals surface area contributed by atoms with E-state index >= 15 is 0 Å². The quantitative estimate of drug-likeness (QED) is 0.700. The Morgan fingerprint density at radius 1 is 1.80 bits per heavy atom. The summed E-state index contributed by atoms with van der Waals surface area (Å²) in [7, 11) is 0. The molecule has 0 aromatic heterocycles. The molecule has 0 aliphatic heterocycles. The minimum absolute atomic E-state index is 0.584. The maximum atomic E-state index is 5.56. The third-order valence-electron chi connectivity index (χ3n) is 1.06. The van der Waals surface area contributed by atoms with E-state index in [1.165, 1.54) is 0 Å². The van der Waals surface area contributed by atoms with Crippen molar-refractivity contribution in [1.29, 1.82) is 0 Å². The summed E-state index contributed by atoms with van der Waals surface area (Å²) in [5.74, 6) is 2.50. The lowest BCUT2D eigenvalue weighted by Gasteiger charge is -2.05. The van der Waals surface area contributed by atoms with Crippen LogP contribution >= 0.6 is 23.4 Å². The number of halogens is 1. The van der Waals surface area contributed by atoms with Crippen LogP contribution in [0, 0.1) is 5.92 Å². The van der Waals surface area contributed by atoms with Gasteiger partial charge >= 0.3 is 0 Å². The van der Waals surface area contributed by atoms with E-state index in [0.717, 1.165) is 18.1 Å². The molecule has 3 heteroatoms. The third-order valence-corrected chi connectivity index (χ3v) is 2.71. The Balaban J connectivity index is 3.11. The third kappa shape index (κ3) is 6.46. The predicted molar refractivity (Wildman–Crippen MR) is 50.5 cm³/mol. The van der Waals surface area contributed by atoms with Gasteiger partial charge in [0, 0.05) is 10.8 Å². The molecule has 0 saturated carbocycles. The van der Waals surface area contributed by atoms with Crippen molar-refractivity contribution in [2.75, 3.05) is 18.1 Å². The molecule has 1 unspecified atom stereocenters. The predicted octanol–water partition coefficient (Wildman–Crippen LogP) is 2.07. The standard InChI is InChI=1S/C7H14ClNS/c1-6(3-9)4-10-5-7(2)8/h6H,2-5,9H2,1H3. The fraction of sp³-hybridized carbons (Fsp3) is 0.714. The lowest BCUT2D eigenvalue weighted by molar-refractivity contribution is 0.676. The van der Waals surface area contributed by atoms with Gasteiger partial charge in [0.25, 0.3) is 0 Å². The average molecular weight is 180 g/mol. The molecule has 0 aliphatic carbocycles. The molecule has 0 heterocycles. The van der Waals surface area contributed by atoms with Gasteiger partial charge in [-0.1, -0.05) is 25.1 Å². The van der Waals surface area contributed by atoms with Gasteiger partial charge in [0.05, 0.1) is 0 Å². The molecule has 0 bridgehead atoms. The van der Waals surface area contributed by atoms with Crippen molar-refractivity contribution in [3.05, 3.63) is 11.6 Å². The lowest BCUT2D eigenvalue weighted by atomic mass is 10.2. The van der Waals surface area contributed by atoms with Crippen molar-refractivity contribution in [3.8, 4) is 0 Å². The van der Waals surface area contributed by atoms with Gasteiger partial charge in [0.15, 0.2) is 0 Å². The van der Waals surface area contributed by atoms with E-state index in [2.05, 4.69) is 13.5 Å². The first-order chi connectivity index (χ1) is 4.66. The summed E-state index contributed by atoms with van der Waals surface area (Å²) in [5.41, 5.74) is 5.42. The Kier molecular flexibility index (Phi) is 6.28. The Labute approximate surface area is 72.0 Å². The second-order valence-electron chi connectivity index (χ2n) is 2.37. The smallest absolute Gasteiger partial charge is 0.0286 e. The van der Waals surface area contributed by atoms with Gasteiger partial charge in [-0.2, -0.15) is 11.8 Å². The van der Waals surface area contributed by atoms with E-state index < -0.39 is 0 Å². The highest BCUT2D eigenvalue weighted by Gasteiger charge is 1.98. The minimum atomic E-state index is 0.584. The fourth-order valence-corrected chi connectivity index (χ4v) is 1.55. The lowest BCUT2D eigenvalue weighted by Crippen LogP contribution is -2.12. The molecule has 0 rings (SSSR count). The number of thioether (sulfide) groups is 1. The Morgan fingerprint density at radius 3 is 2.80 bits per heavy atom. The average Bonchev–Trinajstić information content (AvgIpc) is 1.87. The highest BCUT2D eigenvalue weighted by Crippen LogP contribution is 2.12. The Hall–Kier alpha value is 0.340. The SMILES string of the molecule is C=C(Cl)CSCC(C)CN. The molecule has 0 aliphatic rings. The van der Waals surface area contributed by atoms with Gasteiger partial charge in [-0.3, -0.25) is 0 Å². The van der Waals surface area contributed by atoms with Gasteiger partial charge in [0.1, 0.15) is 0 Å². The topological polar surface area (TPSA) is 26.0 Å². The minimum Gasteiger partial charge on any atom is -0.330 e. The van der Waals surface area contributed by atoms with Crippen LogP contribution in [0.4, 0.5) is 0 Å². The van der Waals surface area contributed by atoms with Crippen molar-refractivity contribution in [1.82, 2.24) is 0 Å². The van der Waals surface area contributed by atoms with E-state index in [9.17, 15) is 0 Å². The zero-order valence-electron chi connectivity index (χ0n) is 6.27. The van der Waals surface area contributed by atoms with Crippen molar-refractivity contribution >= 4 is 23.4 Å². The van der Waals surface area contributed by atoms with E-state index in [0.29, 0.717) is 11.0 Å². The van der Waals surface area contributed by atoms with Crippen molar-refractivity contribution in [2.45, 2.75) is 6.92 Å². The molecule has 0 aromatic carbocycles. The van der Waals surface area contributed by atoms with Crippen LogP contribution in [0.2, 0.25) is 0 Å². The summed E-state index contributed by atoms with van der Waals surface area (Å²) in [5, 5.41) is 0.717. The summed E-state index contributed by atoms with van der Waals surface area (Å²) in [4.78, 5) is 0. The van der Waals surface area contributed by atoms with Gasteiger partial charge < -0.3 is 5.73 Å². The molecule has 0 aromatic rings. The van der Waals surface area contributed by atoms with Crippen LogP contribution in [-0.4, -0.2) is 18.1 Å². The molecular weight excluding hydrogens is 166 g/mol. The highest BCUT2D eigenvalue weighted by molar-refractivity contribution is 7.99. The summed E-state index contributed by atoms with van der Waals surface area (Å²) >= 11 is 7.34. The molecule has 0 amide bonds. The molecule has 0 fully saturated rings. The molecule has 0 radical (unpaired) electrons. The molecule has 1 atom stereocenters. The van der Waals surface area contributed by atoms with Crippen LogP contribution < -0.4 is 5.73 Å². The second kappa shape index (κ2) is 6.08. The molecule has 60 valence electrons. The molecule has 1 nitrogen and oxygen atoms in total. The normalized spacial score (nSPS) is 13.1. The molecule has 0 spiro atoms. The van der Waals surface area contributed by atoms with Crippen molar-refractivity contribution in [2.24, 2.45) is 11.7 Å². The van der Waals surface area contributed by atoms with E-state index in [1.54, 1.807) is 11.8 Å². The summed E-state index contributed by atoms with van der Waals surface area (Å²) in [6, 6.07) is 0. The van der Waals surface area contributed by atoms with Crippen molar-refractivity contribution in [3.63, 3.8) is 0 Å². The highest BCUT2D eigenvalue weighted by atomic mass is 35.5. The van der Waals surface area contributed by atoms with Gasteiger partial charge in [-0.05, 0) is 18.2 Å². The van der Waals surface area contributed by atoms with Crippen LogP contribution in [0.1, 0.15) is 6.92 Å². The van der Waals surface area contributed by atoms with Gasteiger partial charge in [-0.15, -0.1) is 0 Å². The van der Waals surface area contributed by atoms with Crippen LogP contribution in [0.15, 0.2) is 11.6 Å². The number of nitrogens with two attached hydrogens (primary N) is 1. The summed E-state index contributed by atoms with van der Waals surface area (Å²) in [6.45, 7) is 6.47. The summed E-state index contributed by atoms with van der Waals surface area (Å²) < 4.78 is 0. The molecule has 10 heavy (non-hydrogen) atoms. The molecule has 0 saturated heterocycles. The summed E-state index contributed by atoms with van der Waals surface area (Å²) in [6.07, 6.45) is 0. The first-order valence-corrected chi connectivity index (χ1v) is 4.81. The zero-order chi connectivity index (χ0) is 7.98. The zero-order valence-corrected chi connectivity index (χ0v) is 7.84. The second-order valence-corrected chi connectivity index (χ2v) is 3.94. The van der Waals surface area contributed by atoms with Crippen LogP contribution in [0.3, 0.4) is 0 Å². The largest absolute Gasteiger partial charge is 0.330 e. The first kappa shape index (κ1) is 10.3. The maximum absolute atomic E-state index is 5.56. The number of hydrogen-bond acceptors (Lipinski definition) is 2. The van der Waals surface area contributed by atoms with E-state index in [-0.39, 0.29) is 0 Å². The molecular formula is C7H14ClNS. The van der Waals surface area contributed by atoms with Crippen LogP contribution in [0.5, 0.6) is 0 Å². The van der Waals surface area contributed by atoms with Gasteiger partial charge in [0.2, 0.25) is 0 Å². The Morgan fingerprint density at radius 2 is 2.40 bits per heavy atom. The van der Waals surface area contributed by atoms with Crippen molar-refractivity contribution < 1.29 is 0 Å².